The van der Waals surface area contributed by atoms with E-state index in [1.807, 2.05) is 50.2 Å². The molecule has 0 aliphatic carbocycles. The zero-order valence-electron chi connectivity index (χ0n) is 21.5. The minimum absolute atomic E-state index is 0.0808. The van der Waals surface area contributed by atoms with Gasteiger partial charge in [0.25, 0.3) is 5.91 Å². The van der Waals surface area contributed by atoms with Gasteiger partial charge in [-0.3, -0.25) is 24.4 Å². The fourth-order valence-corrected chi connectivity index (χ4v) is 4.75. The van der Waals surface area contributed by atoms with Gasteiger partial charge in [0.1, 0.15) is 6.54 Å². The van der Waals surface area contributed by atoms with Gasteiger partial charge in [0.2, 0.25) is 12.1 Å². The molecule has 10 nitrogen and oxygen atoms in total. The van der Waals surface area contributed by atoms with Gasteiger partial charge in [0.15, 0.2) is 0 Å². The molecular formula is C27H34N6O4. The summed E-state index contributed by atoms with van der Waals surface area (Å²) in [7, 11) is 0. The van der Waals surface area contributed by atoms with Crippen molar-refractivity contribution in [3.8, 4) is 0 Å². The van der Waals surface area contributed by atoms with Gasteiger partial charge in [-0.25, -0.2) is 4.79 Å². The van der Waals surface area contributed by atoms with E-state index >= 15 is 0 Å². The molecule has 0 spiro atoms. The summed E-state index contributed by atoms with van der Waals surface area (Å²) >= 11 is 0. The van der Waals surface area contributed by atoms with Crippen molar-refractivity contribution >= 4 is 34.9 Å². The normalized spacial score (nSPS) is 18.1. The molecule has 0 aromatic heterocycles. The number of aliphatic imine (C=N–C) groups is 1. The van der Waals surface area contributed by atoms with Gasteiger partial charge in [-0.15, -0.1) is 0 Å². The minimum atomic E-state index is -1.19. The number of piperazine rings is 1. The number of para-hydroxylation sites is 1. The molecule has 1 fully saturated rings. The number of nitrogens with one attached hydrogen (secondary N) is 2. The lowest BCUT2D eigenvalue weighted by Crippen LogP contribution is -2.54. The van der Waals surface area contributed by atoms with Crippen molar-refractivity contribution in [1.29, 1.82) is 0 Å². The van der Waals surface area contributed by atoms with Crippen LogP contribution >= 0.6 is 0 Å². The highest BCUT2D eigenvalue weighted by Gasteiger charge is 2.35. The first-order valence-electron chi connectivity index (χ1n) is 12.5. The van der Waals surface area contributed by atoms with Crippen LogP contribution in [0.4, 0.5) is 16.2 Å². The fraction of sp³-hybridized carbons (Fsp3) is 0.407. The van der Waals surface area contributed by atoms with Crippen LogP contribution in [0.25, 0.3) is 0 Å². The predicted molar refractivity (Wildman–Crippen MR) is 143 cm³/mol. The molecule has 2 aromatic carbocycles. The van der Waals surface area contributed by atoms with E-state index in [0.29, 0.717) is 49.8 Å². The third-order valence-electron chi connectivity index (χ3n) is 6.70. The number of anilines is 2. The molecular weight excluding hydrogens is 472 g/mol. The van der Waals surface area contributed by atoms with Crippen LogP contribution in [0, 0.1) is 13.8 Å². The number of hydrogen-bond donors (Lipinski definition) is 3. The summed E-state index contributed by atoms with van der Waals surface area (Å²) in [5.74, 6) is -0.646. The minimum Gasteiger partial charge on any atom is -0.395 e. The summed E-state index contributed by atoms with van der Waals surface area (Å²) in [4.78, 5) is 49.7. The molecule has 3 N–H and O–H groups in total. The summed E-state index contributed by atoms with van der Waals surface area (Å²) in [5.41, 5.74) is 4.41. The molecule has 2 heterocycles. The van der Waals surface area contributed by atoms with Gasteiger partial charge in [-0.2, -0.15) is 0 Å². The number of carbonyl (C=O) groups is 3. The van der Waals surface area contributed by atoms with Crippen LogP contribution in [-0.2, 0) is 9.59 Å². The largest absolute Gasteiger partial charge is 0.395 e. The number of fused-ring (bicyclic) bond motifs is 1. The topological polar surface area (TPSA) is 118 Å². The van der Waals surface area contributed by atoms with Crippen LogP contribution in [-0.4, -0.2) is 90.5 Å². The fourth-order valence-electron chi connectivity index (χ4n) is 4.75. The Hall–Kier alpha value is -3.76. The molecule has 2 aliphatic rings. The van der Waals surface area contributed by atoms with Crippen LogP contribution < -0.4 is 15.5 Å². The summed E-state index contributed by atoms with van der Waals surface area (Å²) in [6.07, 6.45) is -1.19. The van der Waals surface area contributed by atoms with E-state index in [1.165, 1.54) is 4.90 Å². The van der Waals surface area contributed by atoms with Crippen molar-refractivity contribution in [3.63, 3.8) is 0 Å². The smallest absolute Gasteiger partial charge is 0.321 e. The number of aryl methyl sites for hydroxylation is 2. The average Bonchev–Trinajstić information content (AvgIpc) is 2.96. The first kappa shape index (κ1) is 26.3. The van der Waals surface area contributed by atoms with Gasteiger partial charge < -0.3 is 20.6 Å². The Morgan fingerprint density at radius 1 is 1.05 bits per heavy atom. The Morgan fingerprint density at radius 2 is 1.78 bits per heavy atom. The monoisotopic (exact) mass is 506 g/mol. The van der Waals surface area contributed by atoms with Gasteiger partial charge in [0.05, 0.1) is 12.3 Å². The van der Waals surface area contributed by atoms with Gasteiger partial charge in [0, 0.05) is 49.7 Å². The number of rotatable bonds is 6. The third kappa shape index (κ3) is 6.15. The zero-order valence-corrected chi connectivity index (χ0v) is 21.5. The van der Waals surface area contributed by atoms with Gasteiger partial charge >= 0.3 is 6.03 Å². The number of aliphatic hydroxyl groups excluding tert-OH is 1. The number of β-amino-alcohol motifs (C(OH)–C–C–N with tert-alkyl or cyclic N) is 1. The van der Waals surface area contributed by atoms with E-state index in [9.17, 15) is 19.5 Å². The van der Waals surface area contributed by atoms with E-state index in [4.69, 9.17) is 0 Å². The molecule has 1 saturated heterocycles. The summed E-state index contributed by atoms with van der Waals surface area (Å²) in [6, 6.07) is 12.4. The zero-order chi connectivity index (χ0) is 26.5. The molecule has 0 radical (unpaired) electrons. The average molecular weight is 507 g/mol. The first-order valence-corrected chi connectivity index (χ1v) is 12.5. The highest BCUT2D eigenvalue weighted by atomic mass is 16.3. The van der Waals surface area contributed by atoms with Crippen molar-refractivity contribution in [1.82, 2.24) is 15.1 Å². The Labute approximate surface area is 217 Å². The van der Waals surface area contributed by atoms with Gasteiger partial charge in [-0.05, 0) is 44.0 Å². The molecule has 1 unspecified atom stereocenters. The molecule has 2 aromatic rings. The van der Waals surface area contributed by atoms with E-state index < -0.39 is 18.1 Å². The number of urea groups is 1. The molecule has 2 aliphatic heterocycles. The van der Waals surface area contributed by atoms with Crippen molar-refractivity contribution in [3.05, 3.63) is 59.2 Å². The molecule has 4 amide bonds. The number of benzene rings is 2. The molecule has 37 heavy (non-hydrogen) atoms. The van der Waals surface area contributed by atoms with Crippen molar-refractivity contribution in [2.24, 2.45) is 4.99 Å². The third-order valence-corrected chi connectivity index (χ3v) is 6.70. The maximum Gasteiger partial charge on any atom is 0.321 e. The molecule has 0 bridgehead atoms. The predicted octanol–water partition coefficient (Wildman–Crippen LogP) is 1.74. The van der Waals surface area contributed by atoms with Crippen molar-refractivity contribution < 1.29 is 19.5 Å². The number of nitrogens with zero attached hydrogens (tertiary/aromatic N) is 4. The van der Waals surface area contributed by atoms with Gasteiger partial charge in [-0.1, -0.05) is 30.3 Å². The highest BCUT2D eigenvalue weighted by molar-refractivity contribution is 6.14. The maximum absolute atomic E-state index is 13.8. The quantitative estimate of drug-likeness (QED) is 0.552. The standard InChI is InChI=1S/C27H34N6O4/c1-18-6-4-8-21(16-18)29-27(37)30-25-26(36)33(24-19(2)7-5-9-22(24)20(3)28-25)17-23(35)32-12-10-31(11-13-32)14-15-34/h4-9,16,25,34H,10-15,17H2,1-3H3,(H2,29,30,37). The van der Waals surface area contributed by atoms with E-state index in [0.717, 1.165) is 16.7 Å². The Kier molecular flexibility index (Phi) is 8.20. The summed E-state index contributed by atoms with van der Waals surface area (Å²) < 4.78 is 0. The van der Waals surface area contributed by atoms with Crippen molar-refractivity contribution in [2.75, 3.05) is 56.1 Å². The van der Waals surface area contributed by atoms with Crippen LogP contribution in [0.15, 0.2) is 47.5 Å². The second kappa shape index (κ2) is 11.5. The van der Waals surface area contributed by atoms with Crippen molar-refractivity contribution in [2.45, 2.75) is 26.9 Å². The van der Waals surface area contributed by atoms with E-state index in [1.54, 1.807) is 17.9 Å². The molecule has 1 atom stereocenters. The number of hydrogen-bond acceptors (Lipinski definition) is 6. The maximum atomic E-state index is 13.8. The molecule has 196 valence electrons. The lowest BCUT2D eigenvalue weighted by atomic mass is 10.0. The molecule has 10 heteroatoms. The lowest BCUT2D eigenvalue weighted by molar-refractivity contribution is -0.133. The second-order valence-corrected chi connectivity index (χ2v) is 9.43. The SMILES string of the molecule is CC1=NC(NC(=O)Nc2cccc(C)c2)C(=O)N(CC(=O)N2CCN(CCO)CC2)c2c(C)cccc21. The number of carbonyl (C=O) groups excluding carboxylic acids is 3. The Morgan fingerprint density at radius 3 is 2.49 bits per heavy atom. The van der Waals surface area contributed by atoms with E-state index in [-0.39, 0.29) is 19.1 Å². The molecule has 0 saturated carbocycles. The number of amides is 4. The Balaban J connectivity index is 1.55. The first-order chi connectivity index (χ1) is 17.8. The number of benzodiazepines with no additional fused rings is 1. The van der Waals surface area contributed by atoms with Crippen LogP contribution in [0.2, 0.25) is 0 Å². The summed E-state index contributed by atoms with van der Waals surface area (Å²) in [6.45, 7) is 8.50. The highest BCUT2D eigenvalue weighted by Crippen LogP contribution is 2.29. The summed E-state index contributed by atoms with van der Waals surface area (Å²) in [5, 5.41) is 14.6. The second-order valence-electron chi connectivity index (χ2n) is 9.43. The van der Waals surface area contributed by atoms with Crippen LogP contribution in [0.5, 0.6) is 0 Å². The lowest BCUT2D eigenvalue weighted by Gasteiger charge is -2.36. The van der Waals surface area contributed by atoms with Crippen LogP contribution in [0.3, 0.4) is 0 Å². The van der Waals surface area contributed by atoms with Crippen LogP contribution in [0.1, 0.15) is 23.6 Å². The molecule has 4 rings (SSSR count). The Bertz CT molecular complexity index is 1210. The van der Waals surface area contributed by atoms with E-state index in [2.05, 4.69) is 20.5 Å². The number of aliphatic hydroxyl groups is 1.